The molecule has 3 rings (SSSR count). The van der Waals surface area contributed by atoms with Crippen molar-refractivity contribution in [2.24, 2.45) is 0 Å². The molecule has 1 aliphatic rings. The molecule has 1 aromatic heterocycles. The van der Waals surface area contributed by atoms with Crippen LogP contribution < -0.4 is 15.7 Å². The van der Waals surface area contributed by atoms with E-state index in [2.05, 4.69) is 15.3 Å². The first kappa shape index (κ1) is 12.2. The van der Waals surface area contributed by atoms with E-state index in [0.29, 0.717) is 5.82 Å². The number of nitriles is 1. The molecule has 2 N–H and O–H groups in total. The van der Waals surface area contributed by atoms with Gasteiger partial charge < -0.3 is 10.1 Å². The highest BCUT2D eigenvalue weighted by molar-refractivity contribution is 5.60. The van der Waals surface area contributed by atoms with E-state index in [-0.39, 0.29) is 5.69 Å². The Morgan fingerprint density at radius 2 is 2.30 bits per heavy atom. The van der Waals surface area contributed by atoms with Gasteiger partial charge in [0.15, 0.2) is 0 Å². The molecule has 0 aliphatic carbocycles. The smallest absolute Gasteiger partial charge is 0.347 e. The number of rotatable bonds is 2. The van der Waals surface area contributed by atoms with Crippen LogP contribution in [0.25, 0.3) is 0 Å². The van der Waals surface area contributed by atoms with Crippen molar-refractivity contribution in [3.63, 3.8) is 0 Å². The van der Waals surface area contributed by atoms with Crippen molar-refractivity contribution in [2.75, 3.05) is 11.9 Å². The van der Waals surface area contributed by atoms with Crippen LogP contribution in [0.1, 0.15) is 17.7 Å². The van der Waals surface area contributed by atoms with Crippen molar-refractivity contribution >= 4 is 11.5 Å². The van der Waals surface area contributed by atoms with E-state index < -0.39 is 5.69 Å². The van der Waals surface area contributed by atoms with Gasteiger partial charge >= 0.3 is 5.69 Å². The van der Waals surface area contributed by atoms with Crippen molar-refractivity contribution in [3.05, 3.63) is 46.0 Å². The lowest BCUT2D eigenvalue weighted by Crippen LogP contribution is -2.13. The minimum absolute atomic E-state index is 0.175. The summed E-state index contributed by atoms with van der Waals surface area (Å²) in [6, 6.07) is 9.12. The van der Waals surface area contributed by atoms with Gasteiger partial charge in [0.05, 0.1) is 6.61 Å². The molecule has 0 radical (unpaired) electrons. The van der Waals surface area contributed by atoms with Crippen LogP contribution in [0.4, 0.5) is 11.5 Å². The maximum absolute atomic E-state index is 11.3. The molecule has 2 aromatic rings. The molecule has 0 saturated carbocycles. The summed E-state index contributed by atoms with van der Waals surface area (Å²) in [6.07, 6.45) is 1.97. The molecule has 0 atom stereocenters. The van der Waals surface area contributed by atoms with Crippen molar-refractivity contribution in [3.8, 4) is 11.8 Å². The van der Waals surface area contributed by atoms with Crippen molar-refractivity contribution < 1.29 is 4.74 Å². The number of fused-ring (bicyclic) bond motifs is 1. The maximum Gasteiger partial charge on any atom is 0.347 e. The summed E-state index contributed by atoms with van der Waals surface area (Å²) in [6.45, 7) is 0.751. The molecular weight excluding hydrogens is 256 g/mol. The fourth-order valence-corrected chi connectivity index (χ4v) is 2.17. The molecule has 2 heterocycles. The van der Waals surface area contributed by atoms with Crippen LogP contribution in [0.15, 0.2) is 29.1 Å². The summed E-state index contributed by atoms with van der Waals surface area (Å²) in [7, 11) is 0. The number of nitrogens with zero attached hydrogens (tertiary/aromatic N) is 2. The molecular formula is C14H12N4O2. The number of H-pyrrole nitrogens is 1. The minimum Gasteiger partial charge on any atom is -0.493 e. The molecule has 0 amide bonds. The van der Waals surface area contributed by atoms with E-state index in [4.69, 9.17) is 10.00 Å². The number of aromatic amines is 1. The SMILES string of the molecule is N#Cc1cc(Nc2ccc3c(c2)CCCO3)nc(=O)[nH]1. The highest BCUT2D eigenvalue weighted by atomic mass is 16.5. The number of aromatic nitrogens is 2. The van der Waals surface area contributed by atoms with Gasteiger partial charge in [-0.15, -0.1) is 0 Å². The standard InChI is InChI=1S/C14H12N4O2/c15-8-11-7-13(18-14(19)17-11)16-10-3-4-12-9(6-10)2-1-5-20-12/h3-4,6-7H,1-2,5H2,(H2,16,17,18,19). The van der Waals surface area contributed by atoms with Gasteiger partial charge in [0.2, 0.25) is 0 Å². The van der Waals surface area contributed by atoms with E-state index in [9.17, 15) is 4.79 Å². The number of hydrogen-bond acceptors (Lipinski definition) is 5. The van der Waals surface area contributed by atoms with Crippen molar-refractivity contribution in [1.29, 1.82) is 5.26 Å². The Kier molecular flexibility index (Phi) is 3.09. The van der Waals surface area contributed by atoms with Gasteiger partial charge in [0.1, 0.15) is 23.3 Å². The third kappa shape index (κ3) is 2.47. The summed E-state index contributed by atoms with van der Waals surface area (Å²) in [5.41, 5.74) is 1.57. The highest BCUT2D eigenvalue weighted by Gasteiger charge is 2.11. The summed E-state index contributed by atoms with van der Waals surface area (Å²) >= 11 is 0. The lowest BCUT2D eigenvalue weighted by atomic mass is 10.1. The van der Waals surface area contributed by atoms with E-state index in [0.717, 1.165) is 36.4 Å². The number of nitrogens with one attached hydrogen (secondary N) is 2. The first-order valence-corrected chi connectivity index (χ1v) is 6.29. The lowest BCUT2D eigenvalue weighted by molar-refractivity contribution is 0.288. The van der Waals surface area contributed by atoms with Crippen LogP contribution in [-0.4, -0.2) is 16.6 Å². The summed E-state index contributed by atoms with van der Waals surface area (Å²) in [5.74, 6) is 1.25. The van der Waals surface area contributed by atoms with E-state index >= 15 is 0 Å². The maximum atomic E-state index is 11.3. The zero-order valence-electron chi connectivity index (χ0n) is 10.6. The molecule has 6 heteroatoms. The average molecular weight is 268 g/mol. The van der Waals surface area contributed by atoms with Gasteiger partial charge in [-0.25, -0.2) is 4.79 Å². The Morgan fingerprint density at radius 1 is 1.40 bits per heavy atom. The lowest BCUT2D eigenvalue weighted by Gasteiger charge is -2.18. The number of ether oxygens (including phenoxy) is 1. The summed E-state index contributed by atoms with van der Waals surface area (Å²) in [5, 5.41) is 11.9. The molecule has 0 bridgehead atoms. The highest BCUT2D eigenvalue weighted by Crippen LogP contribution is 2.28. The van der Waals surface area contributed by atoms with Gasteiger partial charge in [-0.1, -0.05) is 0 Å². The zero-order chi connectivity index (χ0) is 13.9. The first-order valence-electron chi connectivity index (χ1n) is 6.29. The van der Waals surface area contributed by atoms with E-state index in [1.807, 2.05) is 24.3 Å². The predicted octanol–water partition coefficient (Wildman–Crippen LogP) is 1.71. The second-order valence-electron chi connectivity index (χ2n) is 4.50. The summed E-state index contributed by atoms with van der Waals surface area (Å²) in [4.78, 5) is 17.4. The van der Waals surface area contributed by atoms with E-state index in [1.165, 1.54) is 6.07 Å². The Hall–Kier alpha value is -2.81. The third-order valence-electron chi connectivity index (χ3n) is 3.05. The van der Waals surface area contributed by atoms with Crippen molar-refractivity contribution in [2.45, 2.75) is 12.8 Å². The van der Waals surface area contributed by atoms with Crippen LogP contribution in [0.5, 0.6) is 5.75 Å². The number of anilines is 2. The molecule has 1 aliphatic heterocycles. The molecule has 0 unspecified atom stereocenters. The molecule has 0 fully saturated rings. The van der Waals surface area contributed by atoms with Crippen LogP contribution in [0, 0.1) is 11.3 Å². The van der Waals surface area contributed by atoms with Gasteiger partial charge in [0, 0.05) is 11.8 Å². The Balaban J connectivity index is 1.90. The quantitative estimate of drug-likeness (QED) is 0.865. The fourth-order valence-electron chi connectivity index (χ4n) is 2.17. The fraction of sp³-hybridized carbons (Fsp3) is 0.214. The predicted molar refractivity (Wildman–Crippen MR) is 73.1 cm³/mol. The average Bonchev–Trinajstić information content (AvgIpc) is 2.46. The number of hydrogen-bond donors (Lipinski definition) is 2. The molecule has 100 valence electrons. The third-order valence-corrected chi connectivity index (χ3v) is 3.05. The molecule has 1 aromatic carbocycles. The molecule has 0 spiro atoms. The van der Waals surface area contributed by atoms with Gasteiger partial charge in [-0.05, 0) is 36.6 Å². The summed E-state index contributed by atoms with van der Waals surface area (Å²) < 4.78 is 5.54. The molecule has 0 saturated heterocycles. The second-order valence-corrected chi connectivity index (χ2v) is 4.50. The van der Waals surface area contributed by atoms with Crippen molar-refractivity contribution in [1.82, 2.24) is 9.97 Å². The topological polar surface area (TPSA) is 90.8 Å². The normalized spacial score (nSPS) is 12.9. The van der Waals surface area contributed by atoms with Gasteiger partial charge in [0.25, 0.3) is 0 Å². The molecule has 20 heavy (non-hydrogen) atoms. The minimum atomic E-state index is -0.548. The van der Waals surface area contributed by atoms with Crippen LogP contribution in [-0.2, 0) is 6.42 Å². The first-order chi connectivity index (χ1) is 9.74. The Bertz CT molecular complexity index is 746. The largest absolute Gasteiger partial charge is 0.493 e. The van der Waals surface area contributed by atoms with Gasteiger partial charge in [-0.3, -0.25) is 4.98 Å². The van der Waals surface area contributed by atoms with Crippen LogP contribution in [0.2, 0.25) is 0 Å². The van der Waals surface area contributed by atoms with Crippen LogP contribution >= 0.6 is 0 Å². The number of aryl methyl sites for hydroxylation is 1. The Morgan fingerprint density at radius 3 is 3.15 bits per heavy atom. The second kappa shape index (κ2) is 5.05. The molecule has 6 nitrogen and oxygen atoms in total. The Labute approximate surface area is 115 Å². The number of benzene rings is 1. The monoisotopic (exact) mass is 268 g/mol. The van der Waals surface area contributed by atoms with E-state index in [1.54, 1.807) is 0 Å². The zero-order valence-corrected chi connectivity index (χ0v) is 10.6. The van der Waals surface area contributed by atoms with Crippen LogP contribution in [0.3, 0.4) is 0 Å². The van der Waals surface area contributed by atoms with Gasteiger partial charge in [-0.2, -0.15) is 10.2 Å².